The topological polar surface area (TPSA) is 32.3 Å². The molecule has 0 aromatic heterocycles. The molecule has 0 aliphatic carbocycles. The molecule has 21 heavy (non-hydrogen) atoms. The van der Waals surface area contributed by atoms with E-state index in [-0.39, 0.29) is 5.56 Å². The molecule has 7 heteroatoms. The predicted octanol–water partition coefficient (Wildman–Crippen LogP) is 3.15. The zero-order valence-corrected chi connectivity index (χ0v) is 13.1. The Bertz CT molecular complexity index is 533. The number of rotatable bonds is 3. The Balaban J connectivity index is 2.04. The Morgan fingerprint density at radius 3 is 2.76 bits per heavy atom. The summed E-state index contributed by atoms with van der Waals surface area (Å²) in [5.41, 5.74) is -0.812. The van der Waals surface area contributed by atoms with Crippen molar-refractivity contribution in [2.24, 2.45) is 5.92 Å². The summed E-state index contributed by atoms with van der Waals surface area (Å²) in [6.07, 6.45) is -3.47. The molecule has 1 amide bonds. The normalized spacial score (nSPS) is 19.8. The van der Waals surface area contributed by atoms with Gasteiger partial charge < -0.3 is 10.2 Å². The van der Waals surface area contributed by atoms with Gasteiger partial charge in [-0.1, -0.05) is 0 Å². The summed E-state index contributed by atoms with van der Waals surface area (Å²) in [5, 5.41) is 2.72. The fourth-order valence-corrected chi connectivity index (χ4v) is 2.83. The summed E-state index contributed by atoms with van der Waals surface area (Å²) >= 11 is 3.12. The third-order valence-corrected chi connectivity index (χ3v) is 4.27. The van der Waals surface area contributed by atoms with Crippen molar-refractivity contribution in [3.8, 4) is 0 Å². The van der Waals surface area contributed by atoms with E-state index in [1.54, 1.807) is 0 Å². The van der Waals surface area contributed by atoms with Gasteiger partial charge in [-0.15, -0.1) is 0 Å². The summed E-state index contributed by atoms with van der Waals surface area (Å²) in [5.74, 6) is -0.133. The van der Waals surface area contributed by atoms with E-state index in [1.165, 1.54) is 6.07 Å². The number of hydrogen-bond donors (Lipinski definition) is 1. The van der Waals surface area contributed by atoms with Crippen molar-refractivity contribution in [2.45, 2.75) is 12.6 Å². The van der Waals surface area contributed by atoms with Gasteiger partial charge in [-0.05, 0) is 60.1 Å². The first kappa shape index (κ1) is 16.3. The van der Waals surface area contributed by atoms with Crippen molar-refractivity contribution in [1.82, 2.24) is 10.2 Å². The molecule has 1 fully saturated rings. The van der Waals surface area contributed by atoms with Crippen molar-refractivity contribution < 1.29 is 18.0 Å². The number of nitrogens with one attached hydrogen (secondary N) is 1. The summed E-state index contributed by atoms with van der Waals surface area (Å²) in [4.78, 5) is 14.2. The SMILES string of the molecule is CN1CCC(CNC(=O)c2cc(C(F)(F)F)ccc2Br)C1. The zero-order chi connectivity index (χ0) is 15.6. The van der Waals surface area contributed by atoms with E-state index in [2.05, 4.69) is 26.1 Å². The van der Waals surface area contributed by atoms with Gasteiger partial charge in [0.2, 0.25) is 0 Å². The van der Waals surface area contributed by atoms with Crippen LogP contribution >= 0.6 is 15.9 Å². The highest BCUT2D eigenvalue weighted by Crippen LogP contribution is 2.31. The van der Waals surface area contributed by atoms with Gasteiger partial charge in [-0.2, -0.15) is 13.2 Å². The van der Waals surface area contributed by atoms with Crippen LogP contribution in [-0.2, 0) is 6.18 Å². The van der Waals surface area contributed by atoms with Gasteiger partial charge in [0.15, 0.2) is 0 Å². The molecule has 1 N–H and O–H groups in total. The number of halogens is 4. The lowest BCUT2D eigenvalue weighted by Crippen LogP contribution is -2.30. The summed E-state index contributed by atoms with van der Waals surface area (Å²) in [7, 11) is 2.01. The Labute approximate surface area is 129 Å². The molecule has 1 aliphatic heterocycles. The molecule has 3 nitrogen and oxygen atoms in total. The highest BCUT2D eigenvalue weighted by atomic mass is 79.9. The third-order valence-electron chi connectivity index (χ3n) is 3.58. The van der Waals surface area contributed by atoms with Crippen LogP contribution in [0.15, 0.2) is 22.7 Å². The molecule has 1 aromatic rings. The van der Waals surface area contributed by atoms with E-state index in [1.807, 2.05) is 7.05 Å². The highest BCUT2D eigenvalue weighted by Gasteiger charge is 2.31. The van der Waals surface area contributed by atoms with E-state index in [4.69, 9.17) is 0 Å². The van der Waals surface area contributed by atoms with Crippen molar-refractivity contribution in [3.05, 3.63) is 33.8 Å². The molecule has 1 heterocycles. The fraction of sp³-hybridized carbons (Fsp3) is 0.500. The molecular weight excluding hydrogens is 349 g/mol. The molecule has 116 valence electrons. The molecule has 1 unspecified atom stereocenters. The van der Waals surface area contributed by atoms with Gasteiger partial charge in [-0.25, -0.2) is 0 Å². The smallest absolute Gasteiger partial charge is 0.352 e. The van der Waals surface area contributed by atoms with Crippen molar-refractivity contribution in [2.75, 3.05) is 26.7 Å². The van der Waals surface area contributed by atoms with Gasteiger partial charge in [-0.3, -0.25) is 4.79 Å². The van der Waals surface area contributed by atoms with Crippen molar-refractivity contribution in [3.63, 3.8) is 0 Å². The highest BCUT2D eigenvalue weighted by molar-refractivity contribution is 9.10. The van der Waals surface area contributed by atoms with E-state index >= 15 is 0 Å². The van der Waals surface area contributed by atoms with Crippen molar-refractivity contribution in [1.29, 1.82) is 0 Å². The number of nitrogens with zero attached hydrogens (tertiary/aromatic N) is 1. The monoisotopic (exact) mass is 364 g/mol. The van der Waals surface area contributed by atoms with E-state index in [0.29, 0.717) is 16.9 Å². The molecule has 1 aliphatic rings. The lowest BCUT2D eigenvalue weighted by Gasteiger charge is -2.14. The molecular formula is C14H16BrF3N2O. The van der Waals surface area contributed by atoms with E-state index < -0.39 is 17.6 Å². The van der Waals surface area contributed by atoms with Crippen LogP contribution in [0.1, 0.15) is 22.3 Å². The minimum absolute atomic E-state index is 0.0103. The van der Waals surface area contributed by atoms with Crippen LogP contribution in [0.5, 0.6) is 0 Å². The van der Waals surface area contributed by atoms with Crippen LogP contribution in [0, 0.1) is 5.92 Å². The minimum atomic E-state index is -4.45. The first-order chi connectivity index (χ1) is 9.77. The van der Waals surface area contributed by atoms with Crippen LogP contribution in [0.3, 0.4) is 0 Å². The average Bonchev–Trinajstić information content (AvgIpc) is 2.81. The van der Waals surface area contributed by atoms with Gasteiger partial charge in [0.1, 0.15) is 0 Å². The number of hydrogen-bond acceptors (Lipinski definition) is 2. The lowest BCUT2D eigenvalue weighted by atomic mass is 10.1. The van der Waals surface area contributed by atoms with E-state index in [0.717, 1.165) is 31.6 Å². The molecule has 0 saturated carbocycles. The number of carbonyl (C=O) groups is 1. The minimum Gasteiger partial charge on any atom is -0.352 e. The molecule has 0 bridgehead atoms. The van der Waals surface area contributed by atoms with Gasteiger partial charge in [0.25, 0.3) is 5.91 Å². The maximum atomic E-state index is 12.7. The summed E-state index contributed by atoms with van der Waals surface area (Å²) in [6, 6.07) is 3.08. The molecule has 0 radical (unpaired) electrons. The Morgan fingerprint density at radius 1 is 1.48 bits per heavy atom. The quantitative estimate of drug-likeness (QED) is 0.893. The van der Waals surface area contributed by atoms with Crippen LogP contribution < -0.4 is 5.32 Å². The molecule has 0 spiro atoms. The largest absolute Gasteiger partial charge is 0.416 e. The summed E-state index contributed by atoms with van der Waals surface area (Å²) in [6.45, 7) is 2.35. The first-order valence-corrected chi connectivity index (χ1v) is 7.40. The van der Waals surface area contributed by atoms with Crippen LogP contribution in [0.2, 0.25) is 0 Å². The Kier molecular flexibility index (Phi) is 4.93. The third kappa shape index (κ3) is 4.20. The van der Waals surface area contributed by atoms with Crippen molar-refractivity contribution >= 4 is 21.8 Å². The van der Waals surface area contributed by atoms with Crippen LogP contribution in [-0.4, -0.2) is 37.5 Å². The molecule has 2 rings (SSSR count). The second-order valence-corrected chi connectivity index (χ2v) is 6.17. The molecule has 1 aromatic carbocycles. The average molecular weight is 365 g/mol. The zero-order valence-electron chi connectivity index (χ0n) is 11.5. The van der Waals surface area contributed by atoms with Gasteiger partial charge in [0, 0.05) is 17.6 Å². The second-order valence-electron chi connectivity index (χ2n) is 5.32. The lowest BCUT2D eigenvalue weighted by molar-refractivity contribution is -0.137. The predicted molar refractivity (Wildman–Crippen MR) is 77.1 cm³/mol. The molecule has 1 saturated heterocycles. The number of amides is 1. The van der Waals surface area contributed by atoms with E-state index in [9.17, 15) is 18.0 Å². The molecule has 1 atom stereocenters. The van der Waals surface area contributed by atoms with Gasteiger partial charge in [0.05, 0.1) is 11.1 Å². The van der Waals surface area contributed by atoms with Crippen LogP contribution in [0.4, 0.5) is 13.2 Å². The maximum absolute atomic E-state index is 12.7. The van der Waals surface area contributed by atoms with Gasteiger partial charge >= 0.3 is 6.18 Å². The number of benzene rings is 1. The second kappa shape index (κ2) is 6.36. The fourth-order valence-electron chi connectivity index (χ4n) is 2.40. The Morgan fingerprint density at radius 2 is 2.19 bits per heavy atom. The number of alkyl halides is 3. The standard InChI is InChI=1S/C14H16BrF3N2O/c1-20-5-4-9(8-20)7-19-13(21)11-6-10(14(16,17)18)2-3-12(11)15/h2-3,6,9H,4-5,7-8H2,1H3,(H,19,21). The Hall–Kier alpha value is -1.08. The van der Waals surface area contributed by atoms with Crippen LogP contribution in [0.25, 0.3) is 0 Å². The first-order valence-electron chi connectivity index (χ1n) is 6.61. The maximum Gasteiger partial charge on any atom is 0.416 e. The number of carbonyl (C=O) groups excluding carboxylic acids is 1. The summed E-state index contributed by atoms with van der Waals surface area (Å²) < 4.78 is 38.4. The number of likely N-dealkylation sites (tertiary alicyclic amines) is 1.